The molecule has 0 radical (unpaired) electrons. The Morgan fingerprint density at radius 2 is 1.88 bits per heavy atom. The summed E-state index contributed by atoms with van der Waals surface area (Å²) in [7, 11) is 8.62. The molecule has 0 heterocycles. The van der Waals surface area contributed by atoms with Crippen LogP contribution in [0.25, 0.3) is 0 Å². The summed E-state index contributed by atoms with van der Waals surface area (Å²) in [6, 6.07) is 2.22. The van der Waals surface area contributed by atoms with Crippen molar-refractivity contribution in [3.63, 3.8) is 0 Å². The summed E-state index contributed by atoms with van der Waals surface area (Å²) in [5.74, 6) is -1.60. The second kappa shape index (κ2) is 18.9. The van der Waals surface area contributed by atoms with E-state index < -0.39 is 42.9 Å². The van der Waals surface area contributed by atoms with Gasteiger partial charge in [-0.1, -0.05) is 19.1 Å². The Kier molecular flexibility index (Phi) is 16.6. The first-order valence-electron chi connectivity index (χ1n) is 13.5. The molecule has 0 fully saturated rings. The molecular formula is C29H42F4N6O4. The number of hydrogen-bond donors (Lipinski definition) is 2. The van der Waals surface area contributed by atoms with Crippen molar-refractivity contribution in [3.05, 3.63) is 46.8 Å². The van der Waals surface area contributed by atoms with Crippen LogP contribution in [0.1, 0.15) is 38.0 Å². The summed E-state index contributed by atoms with van der Waals surface area (Å²) < 4.78 is 65.1. The average Bonchev–Trinajstić information content (AvgIpc) is 2.93. The number of ether oxygens (including phenoxy) is 2. The highest BCUT2D eigenvalue weighted by atomic mass is 19.4. The molecule has 1 unspecified atom stereocenters. The third-order valence-electron chi connectivity index (χ3n) is 5.69. The van der Waals surface area contributed by atoms with E-state index in [2.05, 4.69) is 27.0 Å². The minimum Gasteiger partial charge on any atom is -0.494 e. The zero-order valence-electron chi connectivity index (χ0n) is 25.5. The van der Waals surface area contributed by atoms with Crippen molar-refractivity contribution in [2.24, 2.45) is 15.0 Å². The summed E-state index contributed by atoms with van der Waals surface area (Å²) in [5.41, 5.74) is 0.655. The molecule has 1 rings (SSSR count). The van der Waals surface area contributed by atoms with Gasteiger partial charge in [0.1, 0.15) is 36.4 Å². The van der Waals surface area contributed by atoms with Gasteiger partial charge in [-0.2, -0.15) is 18.2 Å². The van der Waals surface area contributed by atoms with E-state index in [4.69, 9.17) is 9.47 Å². The fourth-order valence-electron chi connectivity index (χ4n) is 3.50. The lowest BCUT2D eigenvalue weighted by Crippen LogP contribution is -2.30. The van der Waals surface area contributed by atoms with Crippen LogP contribution in [0.2, 0.25) is 0 Å². The van der Waals surface area contributed by atoms with Crippen LogP contribution >= 0.6 is 0 Å². The normalized spacial score (nSPS) is 14.3. The van der Waals surface area contributed by atoms with Gasteiger partial charge in [-0.25, -0.2) is 14.4 Å². The van der Waals surface area contributed by atoms with Crippen molar-refractivity contribution < 1.29 is 36.9 Å². The topological polar surface area (TPSA) is 111 Å². The number of aliphatic hydroxyl groups excluding tert-OH is 1. The molecule has 240 valence electrons. The number of likely N-dealkylation sites (N-methyl/N-ethyl adjacent to an activating group) is 2. The first-order valence-corrected chi connectivity index (χ1v) is 13.5. The van der Waals surface area contributed by atoms with Crippen molar-refractivity contribution in [2.75, 3.05) is 61.5 Å². The quantitative estimate of drug-likeness (QED) is 0.0539. The number of benzene rings is 1. The predicted molar refractivity (Wildman–Crippen MR) is 161 cm³/mol. The first kappa shape index (κ1) is 37.6. The summed E-state index contributed by atoms with van der Waals surface area (Å²) in [6.07, 6.45) is -2.88. The number of nitrogens with one attached hydrogen (secondary N) is 1. The van der Waals surface area contributed by atoms with Crippen molar-refractivity contribution in [3.8, 4) is 5.75 Å². The molecule has 0 spiro atoms. The lowest BCUT2D eigenvalue weighted by Gasteiger charge is -2.17. The van der Waals surface area contributed by atoms with Crippen molar-refractivity contribution >= 4 is 30.5 Å². The number of aldehydes is 1. The van der Waals surface area contributed by atoms with Crippen LogP contribution in [0, 0.1) is 5.82 Å². The minimum absolute atomic E-state index is 0.0428. The maximum absolute atomic E-state index is 15.0. The van der Waals surface area contributed by atoms with Crippen molar-refractivity contribution in [1.29, 1.82) is 0 Å². The number of carbonyl (C=O) groups excluding carboxylic acids is 1. The summed E-state index contributed by atoms with van der Waals surface area (Å²) in [5, 5.41) is 13.2. The number of guanidine groups is 1. The van der Waals surface area contributed by atoms with Crippen LogP contribution in [0.4, 0.5) is 23.2 Å². The van der Waals surface area contributed by atoms with Gasteiger partial charge in [0.15, 0.2) is 5.90 Å². The van der Waals surface area contributed by atoms with Crippen LogP contribution in [0.15, 0.2) is 50.4 Å². The number of aliphatic hydroxyl groups is 1. The SMILES string of the molecule is C=NC(=Nc1cc(F)c(C(O)NCCN(C)C)cc1OC)N=C(CCC(F)(F)F)OCC(C=O)=C(C=CCC)CN(C)C. The Balaban J connectivity index is 3.45. The highest BCUT2D eigenvalue weighted by Gasteiger charge is 2.28. The van der Waals surface area contributed by atoms with E-state index in [9.17, 15) is 27.5 Å². The monoisotopic (exact) mass is 614 g/mol. The smallest absolute Gasteiger partial charge is 0.389 e. The maximum atomic E-state index is 15.0. The maximum Gasteiger partial charge on any atom is 0.389 e. The molecule has 0 amide bonds. The highest BCUT2D eigenvalue weighted by Crippen LogP contribution is 2.33. The number of allylic oxidation sites excluding steroid dienone is 1. The molecule has 0 aromatic heterocycles. The molecule has 14 heteroatoms. The zero-order valence-corrected chi connectivity index (χ0v) is 25.5. The van der Waals surface area contributed by atoms with Crippen LogP contribution in [-0.4, -0.2) is 107 Å². The van der Waals surface area contributed by atoms with Crippen molar-refractivity contribution in [2.45, 2.75) is 38.6 Å². The number of aliphatic imine (C=N–C) groups is 3. The van der Waals surface area contributed by atoms with Crippen LogP contribution in [0.3, 0.4) is 0 Å². The van der Waals surface area contributed by atoms with Crippen LogP contribution < -0.4 is 10.1 Å². The Morgan fingerprint density at radius 1 is 1.19 bits per heavy atom. The third-order valence-corrected chi connectivity index (χ3v) is 5.69. The summed E-state index contributed by atoms with van der Waals surface area (Å²) in [4.78, 5) is 27.4. The number of hydrogen-bond acceptors (Lipinski definition) is 8. The molecule has 0 aliphatic carbocycles. The van der Waals surface area contributed by atoms with E-state index >= 15 is 0 Å². The number of methoxy groups -OCH3 is 1. The fraction of sp³-hybridized carbons (Fsp3) is 0.517. The number of halogens is 4. The van der Waals surface area contributed by atoms with Gasteiger partial charge in [-0.15, -0.1) is 0 Å². The molecular weight excluding hydrogens is 572 g/mol. The molecule has 1 aromatic carbocycles. The van der Waals surface area contributed by atoms with Crippen LogP contribution in [-0.2, 0) is 9.53 Å². The van der Waals surface area contributed by atoms with E-state index in [0.29, 0.717) is 37.9 Å². The number of nitrogens with zero attached hydrogens (tertiary/aromatic N) is 5. The standard InChI is InChI=1S/C29H42F4N6O4/c1-8-9-10-20(17-39(5)6)21(18-40)19-43-26(11-12-29(31,32)33)37-28(34-2)36-24-16-23(30)22(15-25(24)42-7)27(41)35-13-14-38(3)4/h9-10,15-16,18,27,35,41H,2,8,11-14,17,19H2,1,3-7H3. The van der Waals surface area contributed by atoms with Gasteiger partial charge in [0, 0.05) is 43.3 Å². The van der Waals surface area contributed by atoms with Gasteiger partial charge in [-0.3, -0.25) is 10.1 Å². The predicted octanol–water partition coefficient (Wildman–Crippen LogP) is 4.45. The van der Waals surface area contributed by atoms with E-state index in [1.54, 1.807) is 6.08 Å². The van der Waals surface area contributed by atoms with Crippen LogP contribution in [0.5, 0.6) is 5.75 Å². The highest BCUT2D eigenvalue weighted by molar-refractivity contribution is 5.97. The second-order valence-electron chi connectivity index (χ2n) is 9.90. The molecule has 0 aliphatic rings. The Labute approximate surface area is 250 Å². The molecule has 0 aliphatic heterocycles. The lowest BCUT2D eigenvalue weighted by molar-refractivity contribution is -0.133. The largest absolute Gasteiger partial charge is 0.494 e. The van der Waals surface area contributed by atoms with Gasteiger partial charge >= 0.3 is 6.18 Å². The molecule has 0 saturated heterocycles. The van der Waals surface area contributed by atoms with Gasteiger partial charge in [0.25, 0.3) is 5.96 Å². The van der Waals surface area contributed by atoms with Gasteiger partial charge in [0.05, 0.1) is 13.5 Å². The number of carbonyl (C=O) groups is 1. The van der Waals surface area contributed by atoms with Gasteiger partial charge in [0.2, 0.25) is 0 Å². The molecule has 0 bridgehead atoms. The number of rotatable bonds is 16. The van der Waals surface area contributed by atoms with E-state index in [-0.39, 0.29) is 29.2 Å². The lowest BCUT2D eigenvalue weighted by atomic mass is 10.1. The Bertz CT molecular complexity index is 1180. The molecule has 1 atom stereocenters. The van der Waals surface area contributed by atoms with E-state index in [0.717, 1.165) is 6.07 Å². The molecule has 10 nitrogen and oxygen atoms in total. The summed E-state index contributed by atoms with van der Waals surface area (Å²) in [6.45, 7) is 6.30. The first-order chi connectivity index (χ1) is 20.2. The third kappa shape index (κ3) is 14.5. The molecule has 2 N–H and O–H groups in total. The second-order valence-corrected chi connectivity index (χ2v) is 9.90. The average molecular weight is 615 g/mol. The molecule has 1 aromatic rings. The molecule has 0 saturated carbocycles. The van der Waals surface area contributed by atoms with Gasteiger partial charge < -0.3 is 24.4 Å². The number of alkyl halides is 3. The zero-order chi connectivity index (χ0) is 32.6. The van der Waals surface area contributed by atoms with Crippen molar-refractivity contribution in [1.82, 2.24) is 15.1 Å². The Hall–Kier alpha value is -3.46. The van der Waals surface area contributed by atoms with E-state index in [1.165, 1.54) is 13.2 Å². The van der Waals surface area contributed by atoms with E-state index in [1.807, 2.05) is 51.0 Å². The van der Waals surface area contributed by atoms with Gasteiger partial charge in [-0.05, 0) is 53.0 Å². The summed E-state index contributed by atoms with van der Waals surface area (Å²) >= 11 is 0. The fourth-order valence-corrected chi connectivity index (χ4v) is 3.50. The molecule has 43 heavy (non-hydrogen) atoms. The minimum atomic E-state index is -4.52. The Morgan fingerprint density at radius 3 is 2.42 bits per heavy atom.